The van der Waals surface area contributed by atoms with Crippen molar-refractivity contribution in [1.29, 1.82) is 0 Å². The van der Waals surface area contributed by atoms with Gasteiger partial charge in [-0.3, -0.25) is 4.79 Å². The first-order valence-corrected chi connectivity index (χ1v) is 9.91. The quantitative estimate of drug-likeness (QED) is 0.614. The van der Waals surface area contributed by atoms with E-state index in [1.807, 2.05) is 18.2 Å². The Hall–Kier alpha value is -2.94. The van der Waals surface area contributed by atoms with Crippen LogP contribution >= 0.6 is 0 Å². The third-order valence-corrected chi connectivity index (χ3v) is 5.34. The molecule has 4 rings (SSSR count). The van der Waals surface area contributed by atoms with Gasteiger partial charge in [-0.05, 0) is 37.5 Å². The van der Waals surface area contributed by atoms with Gasteiger partial charge in [0.25, 0.3) is 0 Å². The second kappa shape index (κ2) is 9.04. The summed E-state index contributed by atoms with van der Waals surface area (Å²) < 4.78 is 19.7. The standard InChI is InChI=1S/C20H25FN6O2/c21-16-12-22-20(26-19(16)25-18-6-2-5-17(18)23-13-28)24-14-3-1-4-15(11-14)27-7-9-29-10-8-27/h1,3-4,11-13,17-18H,2,5-10H2,(H,23,28)(H2,22,24,25,26). The number of hydrogen-bond acceptors (Lipinski definition) is 7. The molecule has 1 saturated heterocycles. The fraction of sp³-hybridized carbons (Fsp3) is 0.450. The molecule has 0 radical (unpaired) electrons. The molecule has 1 aromatic carbocycles. The zero-order valence-electron chi connectivity index (χ0n) is 16.1. The van der Waals surface area contributed by atoms with Crippen LogP contribution in [0.5, 0.6) is 0 Å². The average molecular weight is 400 g/mol. The fourth-order valence-corrected chi connectivity index (χ4v) is 3.85. The van der Waals surface area contributed by atoms with Crippen molar-refractivity contribution in [1.82, 2.24) is 15.3 Å². The number of aromatic nitrogens is 2. The number of nitrogens with zero attached hydrogens (tertiary/aromatic N) is 3. The summed E-state index contributed by atoms with van der Waals surface area (Å²) in [6.45, 7) is 3.13. The number of morpholine rings is 1. The van der Waals surface area contributed by atoms with Crippen molar-refractivity contribution in [2.45, 2.75) is 31.3 Å². The molecule has 3 N–H and O–H groups in total. The average Bonchev–Trinajstić information content (AvgIpc) is 3.18. The Morgan fingerprint density at radius 2 is 2.03 bits per heavy atom. The maximum absolute atomic E-state index is 14.3. The predicted molar refractivity (Wildman–Crippen MR) is 109 cm³/mol. The van der Waals surface area contributed by atoms with E-state index in [0.717, 1.165) is 63.1 Å². The highest BCUT2D eigenvalue weighted by atomic mass is 19.1. The predicted octanol–water partition coefficient (Wildman–Crippen LogP) is 2.27. The molecule has 8 nitrogen and oxygen atoms in total. The van der Waals surface area contributed by atoms with E-state index in [2.05, 4.69) is 36.9 Å². The molecule has 29 heavy (non-hydrogen) atoms. The Morgan fingerprint density at radius 3 is 2.86 bits per heavy atom. The van der Waals surface area contributed by atoms with Gasteiger partial charge in [-0.25, -0.2) is 9.37 Å². The summed E-state index contributed by atoms with van der Waals surface area (Å²) >= 11 is 0. The van der Waals surface area contributed by atoms with Gasteiger partial charge in [0, 0.05) is 36.5 Å². The number of nitrogens with one attached hydrogen (secondary N) is 3. The Bertz CT molecular complexity index is 845. The largest absolute Gasteiger partial charge is 0.378 e. The molecule has 0 spiro atoms. The zero-order chi connectivity index (χ0) is 20.1. The van der Waals surface area contributed by atoms with E-state index in [0.29, 0.717) is 12.4 Å². The third-order valence-electron chi connectivity index (χ3n) is 5.34. The number of carbonyl (C=O) groups is 1. The van der Waals surface area contributed by atoms with Crippen molar-refractivity contribution < 1.29 is 13.9 Å². The number of ether oxygens (including phenoxy) is 1. The Kier molecular flexibility index (Phi) is 6.04. The van der Waals surface area contributed by atoms with E-state index in [1.54, 1.807) is 0 Å². The van der Waals surface area contributed by atoms with Crippen LogP contribution in [0.2, 0.25) is 0 Å². The molecule has 2 heterocycles. The van der Waals surface area contributed by atoms with Gasteiger partial charge in [-0.1, -0.05) is 6.07 Å². The first-order chi connectivity index (χ1) is 14.2. The van der Waals surface area contributed by atoms with Crippen LogP contribution in [0, 0.1) is 5.82 Å². The number of carbonyl (C=O) groups excluding carboxylic acids is 1. The zero-order valence-corrected chi connectivity index (χ0v) is 16.1. The molecule has 1 aromatic heterocycles. The monoisotopic (exact) mass is 400 g/mol. The minimum absolute atomic E-state index is 0.0246. The lowest BCUT2D eigenvalue weighted by Gasteiger charge is -2.29. The van der Waals surface area contributed by atoms with Crippen LogP contribution in [0.15, 0.2) is 30.5 Å². The lowest BCUT2D eigenvalue weighted by molar-refractivity contribution is -0.110. The summed E-state index contributed by atoms with van der Waals surface area (Å²) in [5.41, 5.74) is 1.92. The van der Waals surface area contributed by atoms with Crippen LogP contribution in [0.1, 0.15) is 19.3 Å². The van der Waals surface area contributed by atoms with Crippen LogP contribution in [-0.4, -0.2) is 54.8 Å². The summed E-state index contributed by atoms with van der Waals surface area (Å²) in [4.78, 5) is 21.4. The highest BCUT2D eigenvalue weighted by Crippen LogP contribution is 2.25. The number of benzene rings is 1. The summed E-state index contributed by atoms with van der Waals surface area (Å²) in [6, 6.07) is 7.88. The van der Waals surface area contributed by atoms with Gasteiger partial charge in [0.2, 0.25) is 12.4 Å². The van der Waals surface area contributed by atoms with E-state index in [-0.39, 0.29) is 17.9 Å². The third kappa shape index (κ3) is 4.73. The molecule has 154 valence electrons. The van der Waals surface area contributed by atoms with Crippen LogP contribution in [0.25, 0.3) is 0 Å². The molecule has 2 atom stereocenters. The van der Waals surface area contributed by atoms with Crippen molar-refractivity contribution in [2.24, 2.45) is 0 Å². The Balaban J connectivity index is 1.47. The van der Waals surface area contributed by atoms with Gasteiger partial charge >= 0.3 is 0 Å². The molecule has 2 aromatic rings. The first-order valence-electron chi connectivity index (χ1n) is 9.91. The van der Waals surface area contributed by atoms with Crippen molar-refractivity contribution in [2.75, 3.05) is 41.8 Å². The molecule has 1 saturated carbocycles. The molecule has 1 amide bonds. The summed E-state index contributed by atoms with van der Waals surface area (Å²) in [5, 5.41) is 9.07. The number of amides is 1. The van der Waals surface area contributed by atoms with E-state index in [4.69, 9.17) is 4.74 Å². The van der Waals surface area contributed by atoms with E-state index >= 15 is 0 Å². The summed E-state index contributed by atoms with van der Waals surface area (Å²) in [7, 11) is 0. The minimum Gasteiger partial charge on any atom is -0.378 e. The lowest BCUT2D eigenvalue weighted by atomic mass is 10.2. The highest BCUT2D eigenvalue weighted by Gasteiger charge is 2.28. The van der Waals surface area contributed by atoms with Gasteiger partial charge in [-0.15, -0.1) is 0 Å². The summed E-state index contributed by atoms with van der Waals surface area (Å²) in [6.07, 6.45) is 4.52. The van der Waals surface area contributed by atoms with Gasteiger partial charge in [0.15, 0.2) is 11.6 Å². The normalized spacial score (nSPS) is 21.6. The molecule has 2 aliphatic rings. The van der Waals surface area contributed by atoms with E-state index in [1.165, 1.54) is 0 Å². The van der Waals surface area contributed by atoms with Crippen molar-refractivity contribution in [3.8, 4) is 0 Å². The second-order valence-corrected chi connectivity index (χ2v) is 7.24. The number of hydrogen-bond donors (Lipinski definition) is 3. The first kappa shape index (κ1) is 19.4. The molecule has 2 unspecified atom stereocenters. The second-order valence-electron chi connectivity index (χ2n) is 7.24. The van der Waals surface area contributed by atoms with Crippen LogP contribution in [0.3, 0.4) is 0 Å². The van der Waals surface area contributed by atoms with Crippen LogP contribution in [0.4, 0.5) is 27.5 Å². The Morgan fingerprint density at radius 1 is 1.21 bits per heavy atom. The maximum Gasteiger partial charge on any atom is 0.229 e. The number of rotatable bonds is 7. The van der Waals surface area contributed by atoms with Gasteiger partial charge < -0.3 is 25.6 Å². The van der Waals surface area contributed by atoms with E-state index < -0.39 is 5.82 Å². The lowest BCUT2D eigenvalue weighted by Crippen LogP contribution is -2.39. The molecular formula is C20H25FN6O2. The van der Waals surface area contributed by atoms with Crippen LogP contribution in [-0.2, 0) is 9.53 Å². The minimum atomic E-state index is -0.519. The van der Waals surface area contributed by atoms with E-state index in [9.17, 15) is 9.18 Å². The SMILES string of the molecule is O=CNC1CCCC1Nc1nc(Nc2cccc(N3CCOCC3)c2)ncc1F. The summed E-state index contributed by atoms with van der Waals surface area (Å²) in [5.74, 6) is -0.0725. The highest BCUT2D eigenvalue weighted by molar-refractivity contribution is 5.63. The van der Waals surface area contributed by atoms with Gasteiger partial charge in [0.05, 0.1) is 19.4 Å². The molecular weight excluding hydrogens is 375 g/mol. The molecule has 2 fully saturated rings. The molecule has 1 aliphatic heterocycles. The topological polar surface area (TPSA) is 91.4 Å². The van der Waals surface area contributed by atoms with Crippen molar-refractivity contribution in [3.05, 3.63) is 36.3 Å². The Labute approximate surface area is 168 Å². The van der Waals surface area contributed by atoms with Crippen LogP contribution < -0.4 is 20.9 Å². The van der Waals surface area contributed by atoms with Crippen molar-refractivity contribution >= 4 is 29.6 Å². The van der Waals surface area contributed by atoms with Gasteiger partial charge in [-0.2, -0.15) is 4.98 Å². The van der Waals surface area contributed by atoms with Crippen molar-refractivity contribution in [3.63, 3.8) is 0 Å². The number of anilines is 4. The maximum atomic E-state index is 14.3. The fourth-order valence-electron chi connectivity index (χ4n) is 3.85. The van der Waals surface area contributed by atoms with Gasteiger partial charge in [0.1, 0.15) is 0 Å². The smallest absolute Gasteiger partial charge is 0.229 e. The molecule has 0 bridgehead atoms. The molecule has 9 heteroatoms. The number of halogens is 1. The molecule has 1 aliphatic carbocycles.